The second-order valence-corrected chi connectivity index (χ2v) is 4.55. The summed E-state index contributed by atoms with van der Waals surface area (Å²) in [5.41, 5.74) is 0.00413. The Morgan fingerprint density at radius 3 is 2.45 bits per heavy atom. The maximum Gasteiger partial charge on any atom is 0.455 e. The highest BCUT2D eigenvalue weighted by Crippen LogP contribution is 2.46. The van der Waals surface area contributed by atoms with Crippen LogP contribution in [0.1, 0.15) is 22.3 Å². The lowest BCUT2D eigenvalue weighted by Crippen LogP contribution is -2.44. The van der Waals surface area contributed by atoms with Gasteiger partial charge in [-0.2, -0.15) is 18.4 Å². The highest BCUT2D eigenvalue weighted by molar-refractivity contribution is 5.89. The van der Waals surface area contributed by atoms with Crippen molar-refractivity contribution in [1.29, 1.82) is 5.26 Å². The van der Waals surface area contributed by atoms with Gasteiger partial charge in [-0.05, 0) is 12.1 Å². The summed E-state index contributed by atoms with van der Waals surface area (Å²) in [6.07, 6.45) is -6.02. The molecule has 0 amide bonds. The normalized spacial score (nSPS) is 21.3. The van der Waals surface area contributed by atoms with E-state index in [2.05, 4.69) is 9.47 Å². The molecule has 5 nitrogen and oxygen atoms in total. The van der Waals surface area contributed by atoms with E-state index in [1.54, 1.807) is 6.07 Å². The first-order valence-corrected chi connectivity index (χ1v) is 6.02. The Kier molecular flexibility index (Phi) is 3.85. The lowest BCUT2D eigenvalue weighted by atomic mass is 10.0. The van der Waals surface area contributed by atoms with Crippen LogP contribution in [0.15, 0.2) is 29.8 Å². The average Bonchev–Trinajstić information content (AvgIpc) is 2.85. The molecule has 1 aromatic rings. The average molecular weight is 313 g/mol. The number of nitrogens with zero attached hydrogens (tertiary/aromatic N) is 1. The van der Waals surface area contributed by atoms with E-state index >= 15 is 0 Å². The summed E-state index contributed by atoms with van der Waals surface area (Å²) in [7, 11) is 1.19. The molecule has 0 aromatic heterocycles. The molecule has 0 saturated carbocycles. The zero-order chi connectivity index (χ0) is 16.5. The van der Waals surface area contributed by atoms with Gasteiger partial charge in [-0.1, -0.05) is 12.1 Å². The molecule has 1 aliphatic heterocycles. The van der Waals surface area contributed by atoms with Crippen molar-refractivity contribution in [2.45, 2.75) is 18.4 Å². The maximum atomic E-state index is 12.8. The summed E-state index contributed by atoms with van der Waals surface area (Å²) in [6, 6.07) is 6.84. The molecule has 8 heteroatoms. The van der Waals surface area contributed by atoms with Crippen LogP contribution in [0.4, 0.5) is 13.2 Å². The van der Waals surface area contributed by atoms with Crippen molar-refractivity contribution in [2.75, 3.05) is 7.11 Å². The number of carbonyl (C=O) groups excluding carboxylic acids is 1. The molecule has 0 bridgehead atoms. The fourth-order valence-corrected chi connectivity index (χ4v) is 1.94. The van der Waals surface area contributed by atoms with Crippen molar-refractivity contribution in [1.82, 2.24) is 0 Å². The Morgan fingerprint density at radius 2 is 2.00 bits per heavy atom. The SMILES string of the molecule is COC(=O)c1ccc(C2=C(C#N)CC(O)(C(F)(F)F)O2)cc1. The predicted octanol–water partition coefficient (Wildman–Crippen LogP) is 2.38. The standard InChI is InChI=1S/C14H10F3NO4/c1-21-12(19)9-4-2-8(3-5-9)11-10(7-18)6-13(20,22-11)14(15,16)17/h2-5,20H,6H2,1H3. The van der Waals surface area contributed by atoms with Gasteiger partial charge in [-0.15, -0.1) is 0 Å². The number of aliphatic hydroxyl groups is 1. The predicted molar refractivity (Wildman–Crippen MR) is 67.0 cm³/mol. The highest BCUT2D eigenvalue weighted by Gasteiger charge is 2.60. The largest absolute Gasteiger partial charge is 0.465 e. The number of halogens is 3. The van der Waals surface area contributed by atoms with E-state index in [9.17, 15) is 23.1 Å². The number of carbonyl (C=O) groups is 1. The quantitative estimate of drug-likeness (QED) is 0.848. The number of esters is 1. The molecule has 0 aliphatic carbocycles. The van der Waals surface area contributed by atoms with Crippen LogP contribution in [-0.4, -0.2) is 30.1 Å². The molecule has 0 fully saturated rings. The van der Waals surface area contributed by atoms with Gasteiger partial charge in [0.15, 0.2) is 0 Å². The van der Waals surface area contributed by atoms with Gasteiger partial charge >= 0.3 is 17.9 Å². The topological polar surface area (TPSA) is 79.6 Å². The second kappa shape index (κ2) is 5.35. The minimum atomic E-state index is -5.04. The molecular weight excluding hydrogens is 303 g/mol. The molecule has 0 radical (unpaired) electrons. The van der Waals surface area contributed by atoms with Gasteiger partial charge in [0.2, 0.25) is 0 Å². The number of alkyl halides is 3. The number of methoxy groups -OCH3 is 1. The Hall–Kier alpha value is -2.53. The fraction of sp³-hybridized carbons (Fsp3) is 0.286. The second-order valence-electron chi connectivity index (χ2n) is 4.55. The van der Waals surface area contributed by atoms with Crippen molar-refractivity contribution in [3.8, 4) is 6.07 Å². The molecule has 22 heavy (non-hydrogen) atoms. The molecule has 0 spiro atoms. The van der Waals surface area contributed by atoms with Crippen molar-refractivity contribution in [3.63, 3.8) is 0 Å². The van der Waals surface area contributed by atoms with Crippen LogP contribution in [0, 0.1) is 11.3 Å². The third-order valence-corrected chi connectivity index (χ3v) is 3.11. The third-order valence-electron chi connectivity index (χ3n) is 3.11. The molecule has 2 rings (SSSR count). The summed E-state index contributed by atoms with van der Waals surface area (Å²) in [5.74, 6) is -4.40. The Morgan fingerprint density at radius 1 is 1.41 bits per heavy atom. The van der Waals surface area contributed by atoms with E-state index in [0.29, 0.717) is 0 Å². The molecule has 1 heterocycles. The molecule has 1 aliphatic rings. The van der Waals surface area contributed by atoms with E-state index in [1.807, 2.05) is 0 Å². The summed E-state index contributed by atoms with van der Waals surface area (Å²) in [5, 5.41) is 18.5. The summed E-state index contributed by atoms with van der Waals surface area (Å²) < 4.78 is 47.5. The highest BCUT2D eigenvalue weighted by atomic mass is 19.4. The van der Waals surface area contributed by atoms with Crippen molar-refractivity contribution in [2.24, 2.45) is 0 Å². The maximum absolute atomic E-state index is 12.8. The Bertz CT molecular complexity index is 673. The zero-order valence-corrected chi connectivity index (χ0v) is 11.3. The number of nitriles is 1. The summed E-state index contributed by atoms with van der Waals surface area (Å²) >= 11 is 0. The van der Waals surface area contributed by atoms with Crippen LogP contribution < -0.4 is 0 Å². The first-order valence-electron chi connectivity index (χ1n) is 6.02. The Labute approximate surface area is 123 Å². The molecule has 0 saturated heterocycles. The summed E-state index contributed by atoms with van der Waals surface area (Å²) in [6.45, 7) is 0. The molecule has 1 unspecified atom stereocenters. The van der Waals surface area contributed by atoms with Gasteiger partial charge in [-0.25, -0.2) is 4.79 Å². The first kappa shape index (κ1) is 15.9. The van der Waals surface area contributed by atoms with E-state index in [0.717, 1.165) is 0 Å². The Balaban J connectivity index is 2.35. The fourth-order valence-electron chi connectivity index (χ4n) is 1.94. The van der Waals surface area contributed by atoms with Crippen LogP contribution >= 0.6 is 0 Å². The molecular formula is C14H10F3NO4. The van der Waals surface area contributed by atoms with Gasteiger partial charge in [0.25, 0.3) is 0 Å². The minimum absolute atomic E-state index is 0.143. The monoisotopic (exact) mass is 313 g/mol. The molecule has 116 valence electrons. The van der Waals surface area contributed by atoms with Gasteiger partial charge in [0, 0.05) is 5.56 Å². The van der Waals surface area contributed by atoms with E-state index in [1.165, 1.54) is 31.4 Å². The number of hydrogen-bond acceptors (Lipinski definition) is 5. The van der Waals surface area contributed by atoms with Crippen LogP contribution in [-0.2, 0) is 9.47 Å². The first-order chi connectivity index (χ1) is 10.2. The van der Waals surface area contributed by atoms with Gasteiger partial charge < -0.3 is 14.6 Å². The number of benzene rings is 1. The smallest absolute Gasteiger partial charge is 0.455 e. The number of ether oxygens (including phenoxy) is 2. The van der Waals surface area contributed by atoms with Crippen LogP contribution in [0.2, 0.25) is 0 Å². The van der Waals surface area contributed by atoms with Crippen LogP contribution in [0.5, 0.6) is 0 Å². The lowest BCUT2D eigenvalue weighted by molar-refractivity contribution is -0.337. The van der Waals surface area contributed by atoms with Crippen molar-refractivity contribution >= 4 is 11.7 Å². The van der Waals surface area contributed by atoms with Gasteiger partial charge in [-0.3, -0.25) is 0 Å². The van der Waals surface area contributed by atoms with E-state index in [4.69, 9.17) is 5.26 Å². The van der Waals surface area contributed by atoms with E-state index in [-0.39, 0.29) is 22.5 Å². The lowest BCUT2D eigenvalue weighted by Gasteiger charge is -2.25. The van der Waals surface area contributed by atoms with Crippen molar-refractivity contribution < 1.29 is 32.5 Å². The molecule has 1 atom stereocenters. The molecule has 1 aromatic carbocycles. The molecule has 1 N–H and O–H groups in total. The van der Waals surface area contributed by atoms with Gasteiger partial charge in [0.1, 0.15) is 5.76 Å². The summed E-state index contributed by atoms with van der Waals surface area (Å²) in [4.78, 5) is 11.3. The zero-order valence-electron chi connectivity index (χ0n) is 11.3. The number of hydrogen-bond donors (Lipinski definition) is 1. The van der Waals surface area contributed by atoms with Crippen LogP contribution in [0.25, 0.3) is 5.76 Å². The van der Waals surface area contributed by atoms with Crippen LogP contribution in [0.3, 0.4) is 0 Å². The third kappa shape index (κ3) is 2.63. The van der Waals surface area contributed by atoms with Gasteiger partial charge in [0.05, 0.1) is 30.7 Å². The van der Waals surface area contributed by atoms with Crippen molar-refractivity contribution in [3.05, 3.63) is 41.0 Å². The minimum Gasteiger partial charge on any atom is -0.465 e. The van der Waals surface area contributed by atoms with E-state index < -0.39 is 24.4 Å². The number of rotatable bonds is 2.